The van der Waals surface area contributed by atoms with Crippen LogP contribution in [0.25, 0.3) is 11.4 Å². The molecule has 0 amide bonds. The maximum Gasteiger partial charge on any atom is 0.164 e. The van der Waals surface area contributed by atoms with E-state index in [0.29, 0.717) is 6.54 Å². The minimum atomic E-state index is -0.123. The number of halogens is 2. The highest BCUT2D eigenvalue weighted by atomic mass is 79.9. The van der Waals surface area contributed by atoms with Gasteiger partial charge in [-0.05, 0) is 39.0 Å². The summed E-state index contributed by atoms with van der Waals surface area (Å²) in [6.07, 6.45) is 0. The zero-order chi connectivity index (χ0) is 14.2. The third kappa shape index (κ3) is 3.07. The molecule has 1 aromatic carbocycles. The largest absolute Gasteiger partial charge is 0.324 e. The summed E-state index contributed by atoms with van der Waals surface area (Å²) in [5, 5.41) is 8.49. The molecule has 0 atom stereocenters. The SMILES string of the molecule is CC(C)(C)n1c(CN)nnc1-c1cc(Br)cc(Br)c1. The van der Waals surface area contributed by atoms with Crippen LogP contribution in [0, 0.1) is 0 Å². The first-order chi connectivity index (χ1) is 8.82. The van der Waals surface area contributed by atoms with Gasteiger partial charge in [0.25, 0.3) is 0 Å². The molecule has 1 aromatic heterocycles. The van der Waals surface area contributed by atoms with Gasteiger partial charge in [-0.2, -0.15) is 0 Å². The fourth-order valence-electron chi connectivity index (χ4n) is 2.02. The zero-order valence-corrected chi connectivity index (χ0v) is 14.3. The van der Waals surface area contributed by atoms with E-state index in [0.717, 1.165) is 26.2 Å². The van der Waals surface area contributed by atoms with Gasteiger partial charge in [0.1, 0.15) is 5.82 Å². The van der Waals surface area contributed by atoms with Gasteiger partial charge in [-0.1, -0.05) is 31.9 Å². The predicted molar refractivity (Wildman–Crippen MR) is 83.7 cm³/mol. The summed E-state index contributed by atoms with van der Waals surface area (Å²) in [5.41, 5.74) is 6.64. The highest BCUT2D eigenvalue weighted by Gasteiger charge is 2.23. The molecule has 4 nitrogen and oxygen atoms in total. The summed E-state index contributed by atoms with van der Waals surface area (Å²) < 4.78 is 4.07. The molecule has 102 valence electrons. The Labute approximate surface area is 129 Å². The molecule has 0 saturated carbocycles. The maximum atomic E-state index is 5.76. The lowest BCUT2D eigenvalue weighted by Gasteiger charge is -2.24. The molecule has 6 heteroatoms. The minimum Gasteiger partial charge on any atom is -0.324 e. The van der Waals surface area contributed by atoms with E-state index >= 15 is 0 Å². The fourth-order valence-corrected chi connectivity index (χ4v) is 3.32. The molecule has 0 fully saturated rings. The second kappa shape index (κ2) is 5.34. The van der Waals surface area contributed by atoms with Gasteiger partial charge in [0.2, 0.25) is 0 Å². The Kier molecular flexibility index (Phi) is 4.13. The predicted octanol–water partition coefficient (Wildman–Crippen LogP) is 3.68. The van der Waals surface area contributed by atoms with Crippen molar-refractivity contribution in [2.24, 2.45) is 5.73 Å². The summed E-state index contributed by atoms with van der Waals surface area (Å²) in [7, 11) is 0. The van der Waals surface area contributed by atoms with Gasteiger partial charge in [-0.25, -0.2) is 0 Å². The number of hydrogen-bond donors (Lipinski definition) is 1. The Bertz CT molecular complexity index is 579. The average Bonchev–Trinajstić information content (AvgIpc) is 2.70. The van der Waals surface area contributed by atoms with E-state index in [1.807, 2.05) is 18.2 Å². The average molecular weight is 388 g/mol. The molecule has 0 saturated heterocycles. The summed E-state index contributed by atoms with van der Waals surface area (Å²) in [6, 6.07) is 6.04. The van der Waals surface area contributed by atoms with Gasteiger partial charge in [-0.15, -0.1) is 10.2 Å². The van der Waals surface area contributed by atoms with E-state index < -0.39 is 0 Å². The Morgan fingerprint density at radius 3 is 2.16 bits per heavy atom. The van der Waals surface area contributed by atoms with Crippen LogP contribution in [0.4, 0.5) is 0 Å². The molecular formula is C13H16Br2N4. The summed E-state index contributed by atoms with van der Waals surface area (Å²) in [5.74, 6) is 1.62. The van der Waals surface area contributed by atoms with E-state index in [9.17, 15) is 0 Å². The lowest BCUT2D eigenvalue weighted by molar-refractivity contribution is 0.386. The quantitative estimate of drug-likeness (QED) is 0.854. The number of rotatable bonds is 2. The van der Waals surface area contributed by atoms with Crippen molar-refractivity contribution < 1.29 is 0 Å². The maximum absolute atomic E-state index is 5.76. The summed E-state index contributed by atoms with van der Waals surface area (Å²) in [4.78, 5) is 0. The van der Waals surface area contributed by atoms with Crippen LogP contribution in [-0.4, -0.2) is 14.8 Å². The minimum absolute atomic E-state index is 0.123. The van der Waals surface area contributed by atoms with Crippen LogP contribution >= 0.6 is 31.9 Å². The molecule has 0 spiro atoms. The molecule has 2 aromatic rings. The number of nitrogens with zero attached hydrogens (tertiary/aromatic N) is 3. The van der Waals surface area contributed by atoms with Crippen LogP contribution in [0.3, 0.4) is 0 Å². The third-order valence-corrected chi connectivity index (χ3v) is 3.62. The highest BCUT2D eigenvalue weighted by Crippen LogP contribution is 2.30. The first kappa shape index (κ1) is 14.7. The van der Waals surface area contributed by atoms with Crippen molar-refractivity contribution in [3.63, 3.8) is 0 Å². The molecule has 2 rings (SSSR count). The van der Waals surface area contributed by atoms with Crippen molar-refractivity contribution in [3.8, 4) is 11.4 Å². The zero-order valence-electron chi connectivity index (χ0n) is 11.1. The second-order valence-electron chi connectivity index (χ2n) is 5.31. The Morgan fingerprint density at radius 1 is 1.11 bits per heavy atom. The van der Waals surface area contributed by atoms with Gasteiger partial charge >= 0.3 is 0 Å². The number of aromatic nitrogens is 3. The van der Waals surface area contributed by atoms with Crippen LogP contribution in [0.5, 0.6) is 0 Å². The van der Waals surface area contributed by atoms with Crippen molar-refractivity contribution >= 4 is 31.9 Å². The van der Waals surface area contributed by atoms with E-state index in [2.05, 4.69) is 67.4 Å². The fraction of sp³-hybridized carbons (Fsp3) is 0.385. The lowest BCUT2D eigenvalue weighted by Crippen LogP contribution is -2.26. The molecule has 0 aliphatic rings. The molecule has 0 bridgehead atoms. The molecule has 0 aliphatic heterocycles. The van der Waals surface area contributed by atoms with E-state index in [1.165, 1.54) is 0 Å². The standard InChI is InChI=1S/C13H16Br2N4/c1-13(2,3)19-11(7-16)17-18-12(19)8-4-9(14)6-10(15)5-8/h4-6H,7,16H2,1-3H3. The highest BCUT2D eigenvalue weighted by molar-refractivity contribution is 9.11. The van der Waals surface area contributed by atoms with Gasteiger partial charge in [0.15, 0.2) is 5.82 Å². The Hall–Kier alpha value is -0.720. The van der Waals surface area contributed by atoms with Crippen molar-refractivity contribution in [3.05, 3.63) is 33.0 Å². The van der Waals surface area contributed by atoms with Crippen LogP contribution in [-0.2, 0) is 12.1 Å². The number of nitrogens with two attached hydrogens (primary N) is 1. The number of hydrogen-bond acceptors (Lipinski definition) is 3. The molecule has 0 radical (unpaired) electrons. The molecule has 2 N–H and O–H groups in total. The van der Waals surface area contributed by atoms with E-state index in [4.69, 9.17) is 5.73 Å². The lowest BCUT2D eigenvalue weighted by atomic mass is 10.1. The van der Waals surface area contributed by atoms with E-state index in [1.54, 1.807) is 0 Å². The van der Waals surface area contributed by atoms with Gasteiger partial charge in [0.05, 0.1) is 6.54 Å². The first-order valence-electron chi connectivity index (χ1n) is 5.94. The second-order valence-corrected chi connectivity index (χ2v) is 7.14. The van der Waals surface area contributed by atoms with Gasteiger partial charge < -0.3 is 10.3 Å². The van der Waals surface area contributed by atoms with Gasteiger partial charge in [-0.3, -0.25) is 0 Å². The smallest absolute Gasteiger partial charge is 0.164 e. The van der Waals surface area contributed by atoms with Crippen molar-refractivity contribution in [1.82, 2.24) is 14.8 Å². The monoisotopic (exact) mass is 386 g/mol. The van der Waals surface area contributed by atoms with Crippen molar-refractivity contribution in [2.45, 2.75) is 32.9 Å². The van der Waals surface area contributed by atoms with E-state index in [-0.39, 0.29) is 5.54 Å². The normalized spacial score (nSPS) is 11.9. The molecule has 1 heterocycles. The van der Waals surface area contributed by atoms with Crippen LogP contribution < -0.4 is 5.73 Å². The molecule has 0 aliphatic carbocycles. The molecule has 19 heavy (non-hydrogen) atoms. The van der Waals surface area contributed by atoms with Crippen LogP contribution in [0.2, 0.25) is 0 Å². The molecule has 0 unspecified atom stereocenters. The van der Waals surface area contributed by atoms with Gasteiger partial charge in [0, 0.05) is 20.0 Å². The van der Waals surface area contributed by atoms with Crippen molar-refractivity contribution in [1.29, 1.82) is 0 Å². The number of benzene rings is 1. The third-order valence-electron chi connectivity index (χ3n) is 2.70. The molecular weight excluding hydrogens is 372 g/mol. The Balaban J connectivity index is 2.66. The summed E-state index contributed by atoms with van der Waals surface area (Å²) >= 11 is 6.99. The van der Waals surface area contributed by atoms with Crippen LogP contribution in [0.15, 0.2) is 27.1 Å². The summed E-state index contributed by atoms with van der Waals surface area (Å²) in [6.45, 7) is 6.73. The van der Waals surface area contributed by atoms with Crippen LogP contribution in [0.1, 0.15) is 26.6 Å². The topological polar surface area (TPSA) is 56.7 Å². The Morgan fingerprint density at radius 2 is 1.68 bits per heavy atom. The first-order valence-corrected chi connectivity index (χ1v) is 7.53. The van der Waals surface area contributed by atoms with Crippen molar-refractivity contribution in [2.75, 3.05) is 0 Å².